The number of amides is 1. The third-order valence-electron chi connectivity index (χ3n) is 4.13. The molecule has 0 radical (unpaired) electrons. The summed E-state index contributed by atoms with van der Waals surface area (Å²) < 4.78 is 31.6. The van der Waals surface area contributed by atoms with Crippen LogP contribution in [0.2, 0.25) is 0 Å². The molecular formula is C16H22N2O6S. The van der Waals surface area contributed by atoms with Gasteiger partial charge in [-0.3, -0.25) is 4.79 Å². The van der Waals surface area contributed by atoms with Crippen LogP contribution in [0.3, 0.4) is 0 Å². The Kier molecular flexibility index (Phi) is 6.51. The summed E-state index contributed by atoms with van der Waals surface area (Å²) in [5, 5.41) is 11.4. The van der Waals surface area contributed by atoms with Crippen LogP contribution in [0.1, 0.15) is 19.3 Å². The minimum atomic E-state index is -3.79. The first-order valence-corrected chi connectivity index (χ1v) is 9.42. The molecule has 138 valence electrons. The Bertz CT molecular complexity index is 707. The molecule has 2 atom stereocenters. The van der Waals surface area contributed by atoms with Crippen LogP contribution in [0.25, 0.3) is 0 Å². The van der Waals surface area contributed by atoms with Crippen molar-refractivity contribution < 1.29 is 27.9 Å². The van der Waals surface area contributed by atoms with Gasteiger partial charge in [-0.05, 0) is 25.0 Å². The third-order valence-corrected chi connectivity index (χ3v) is 6.05. The molecule has 1 aromatic carbocycles. The highest BCUT2D eigenvalue weighted by Gasteiger charge is 2.37. The largest absolute Gasteiger partial charge is 0.479 e. The van der Waals surface area contributed by atoms with Gasteiger partial charge in [0.25, 0.3) is 0 Å². The lowest BCUT2D eigenvalue weighted by Gasteiger charge is -2.33. The fourth-order valence-corrected chi connectivity index (χ4v) is 4.44. The smallest absolute Gasteiger partial charge is 0.334 e. The molecular weight excluding hydrogens is 348 g/mol. The zero-order valence-corrected chi connectivity index (χ0v) is 14.7. The number of piperidine rings is 1. The summed E-state index contributed by atoms with van der Waals surface area (Å²) in [7, 11) is -2.56. The van der Waals surface area contributed by atoms with Crippen LogP contribution in [0.15, 0.2) is 35.2 Å². The van der Waals surface area contributed by atoms with Crippen molar-refractivity contribution in [3.63, 3.8) is 0 Å². The van der Waals surface area contributed by atoms with Crippen molar-refractivity contribution >= 4 is 21.9 Å². The van der Waals surface area contributed by atoms with Gasteiger partial charge in [0.2, 0.25) is 15.9 Å². The van der Waals surface area contributed by atoms with E-state index >= 15 is 0 Å². The molecule has 2 rings (SSSR count). The molecule has 1 heterocycles. The number of hydrogen-bond donors (Lipinski definition) is 2. The molecule has 0 bridgehead atoms. The Labute approximate surface area is 146 Å². The van der Waals surface area contributed by atoms with E-state index in [0.29, 0.717) is 12.8 Å². The molecule has 25 heavy (non-hydrogen) atoms. The third kappa shape index (κ3) is 4.56. The van der Waals surface area contributed by atoms with Crippen LogP contribution in [0.5, 0.6) is 0 Å². The maximum atomic E-state index is 12.8. The first-order chi connectivity index (χ1) is 11.9. The van der Waals surface area contributed by atoms with Gasteiger partial charge in [-0.25, -0.2) is 13.2 Å². The van der Waals surface area contributed by atoms with Crippen molar-refractivity contribution in [2.75, 3.05) is 20.2 Å². The number of carbonyl (C=O) groups is 2. The summed E-state index contributed by atoms with van der Waals surface area (Å²) in [6, 6.07) is 7.10. The topological polar surface area (TPSA) is 113 Å². The van der Waals surface area contributed by atoms with Crippen molar-refractivity contribution in [2.45, 2.75) is 36.3 Å². The highest BCUT2D eigenvalue weighted by atomic mass is 32.2. The minimum Gasteiger partial charge on any atom is -0.479 e. The summed E-state index contributed by atoms with van der Waals surface area (Å²) in [6.45, 7) is 0.0301. The molecule has 1 amide bonds. The Morgan fingerprint density at radius 2 is 2.00 bits per heavy atom. The number of rotatable bonds is 7. The maximum Gasteiger partial charge on any atom is 0.334 e. The maximum absolute atomic E-state index is 12.8. The Morgan fingerprint density at radius 3 is 2.60 bits per heavy atom. The first-order valence-electron chi connectivity index (χ1n) is 7.98. The lowest BCUT2D eigenvalue weighted by molar-refractivity contribution is -0.148. The summed E-state index contributed by atoms with van der Waals surface area (Å²) in [4.78, 5) is 23.5. The molecule has 9 heteroatoms. The molecule has 8 nitrogen and oxygen atoms in total. The van der Waals surface area contributed by atoms with E-state index in [9.17, 15) is 18.0 Å². The van der Waals surface area contributed by atoms with E-state index in [0.717, 1.165) is 6.42 Å². The van der Waals surface area contributed by atoms with Gasteiger partial charge in [0.05, 0.1) is 11.4 Å². The number of carbonyl (C=O) groups excluding carboxylic acids is 1. The normalized spacial score (nSPS) is 20.0. The van der Waals surface area contributed by atoms with Gasteiger partial charge >= 0.3 is 5.97 Å². The molecule has 1 fully saturated rings. The molecule has 0 aliphatic carbocycles. The summed E-state index contributed by atoms with van der Waals surface area (Å²) in [6.07, 6.45) is 0.617. The SMILES string of the molecule is COC(CNC(=O)C1CCCCN1S(=O)(=O)c1ccccc1)C(=O)O. The standard InChI is InChI=1S/C16H22N2O6S/c1-24-14(16(20)21)11-17-15(19)13-9-5-6-10-18(13)25(22,23)12-7-3-2-4-8-12/h2-4,7-8,13-14H,5-6,9-11H2,1H3,(H,17,19)(H,20,21). The molecule has 2 unspecified atom stereocenters. The second kappa shape index (κ2) is 8.41. The van der Waals surface area contributed by atoms with E-state index in [1.54, 1.807) is 18.2 Å². The number of nitrogens with one attached hydrogen (secondary N) is 1. The van der Waals surface area contributed by atoms with Gasteiger partial charge in [-0.1, -0.05) is 24.6 Å². The summed E-state index contributed by atoms with van der Waals surface area (Å²) >= 11 is 0. The number of carboxylic acids is 1. The quantitative estimate of drug-likeness (QED) is 0.720. The predicted octanol–water partition coefficient (Wildman–Crippen LogP) is 0.446. The number of ether oxygens (including phenoxy) is 1. The minimum absolute atomic E-state index is 0.134. The molecule has 1 aliphatic rings. The fraction of sp³-hybridized carbons (Fsp3) is 0.500. The van der Waals surface area contributed by atoms with Crippen molar-refractivity contribution in [2.24, 2.45) is 0 Å². The van der Waals surface area contributed by atoms with Crippen molar-refractivity contribution in [1.29, 1.82) is 0 Å². The summed E-state index contributed by atoms with van der Waals surface area (Å²) in [5.41, 5.74) is 0. The van der Waals surface area contributed by atoms with Crippen LogP contribution in [-0.4, -0.2) is 62.1 Å². The van der Waals surface area contributed by atoms with Crippen LogP contribution in [0, 0.1) is 0 Å². The average Bonchev–Trinajstić information content (AvgIpc) is 2.62. The van der Waals surface area contributed by atoms with Gasteiger partial charge in [0.1, 0.15) is 6.04 Å². The van der Waals surface area contributed by atoms with Gasteiger partial charge in [0, 0.05) is 13.7 Å². The zero-order chi connectivity index (χ0) is 18.4. The van der Waals surface area contributed by atoms with Gasteiger partial charge < -0.3 is 15.2 Å². The molecule has 0 aromatic heterocycles. The number of hydrogen-bond acceptors (Lipinski definition) is 5. The second-order valence-electron chi connectivity index (χ2n) is 5.75. The van der Waals surface area contributed by atoms with E-state index in [2.05, 4.69) is 5.32 Å². The van der Waals surface area contributed by atoms with E-state index in [1.807, 2.05) is 0 Å². The van der Waals surface area contributed by atoms with E-state index in [1.165, 1.54) is 23.5 Å². The monoisotopic (exact) mass is 370 g/mol. The Balaban J connectivity index is 2.15. The van der Waals surface area contributed by atoms with Crippen molar-refractivity contribution in [3.8, 4) is 0 Å². The number of nitrogens with zero attached hydrogens (tertiary/aromatic N) is 1. The van der Waals surface area contributed by atoms with Gasteiger partial charge in [-0.15, -0.1) is 0 Å². The lowest BCUT2D eigenvalue weighted by atomic mass is 10.0. The van der Waals surface area contributed by atoms with E-state index in [-0.39, 0.29) is 18.0 Å². The van der Waals surface area contributed by atoms with Crippen LogP contribution >= 0.6 is 0 Å². The molecule has 0 spiro atoms. The highest BCUT2D eigenvalue weighted by Crippen LogP contribution is 2.25. The Hall–Kier alpha value is -1.97. The molecule has 1 saturated heterocycles. The molecule has 2 N–H and O–H groups in total. The lowest BCUT2D eigenvalue weighted by Crippen LogP contribution is -2.53. The average molecular weight is 370 g/mol. The molecule has 0 saturated carbocycles. The number of benzene rings is 1. The van der Waals surface area contributed by atoms with Crippen LogP contribution < -0.4 is 5.32 Å². The van der Waals surface area contributed by atoms with Crippen LogP contribution in [0.4, 0.5) is 0 Å². The second-order valence-corrected chi connectivity index (χ2v) is 7.64. The Morgan fingerprint density at radius 1 is 1.32 bits per heavy atom. The van der Waals surface area contributed by atoms with Crippen molar-refractivity contribution in [1.82, 2.24) is 9.62 Å². The zero-order valence-electron chi connectivity index (χ0n) is 13.9. The molecule has 1 aromatic rings. The summed E-state index contributed by atoms with van der Waals surface area (Å²) in [5.74, 6) is -1.71. The number of sulfonamides is 1. The fourth-order valence-electron chi connectivity index (χ4n) is 2.77. The van der Waals surface area contributed by atoms with Gasteiger partial charge in [0.15, 0.2) is 6.10 Å². The molecule has 1 aliphatic heterocycles. The number of aliphatic carboxylic acids is 1. The van der Waals surface area contributed by atoms with E-state index in [4.69, 9.17) is 9.84 Å². The van der Waals surface area contributed by atoms with Crippen molar-refractivity contribution in [3.05, 3.63) is 30.3 Å². The van der Waals surface area contributed by atoms with E-state index < -0.39 is 34.0 Å². The van der Waals surface area contributed by atoms with Gasteiger partial charge in [-0.2, -0.15) is 4.31 Å². The number of methoxy groups -OCH3 is 1. The number of carboxylic acid groups (broad SMARTS) is 1. The predicted molar refractivity (Wildman–Crippen MR) is 89.4 cm³/mol. The van der Waals surface area contributed by atoms with Crippen LogP contribution in [-0.2, 0) is 24.3 Å². The first kappa shape index (κ1) is 19.4. The highest BCUT2D eigenvalue weighted by molar-refractivity contribution is 7.89.